The fraction of sp³-hybridized carbons (Fsp3) is 0.200. The van der Waals surface area contributed by atoms with E-state index in [0.29, 0.717) is 4.47 Å². The number of carbonyl (C=O) groups excluding carboxylic acids is 4. The highest BCUT2D eigenvalue weighted by molar-refractivity contribution is 9.10. The molecule has 0 aliphatic heterocycles. The maximum absolute atomic E-state index is 13.3. The highest BCUT2D eigenvalue weighted by Gasteiger charge is 2.30. The summed E-state index contributed by atoms with van der Waals surface area (Å²) in [7, 11) is 0. The summed E-state index contributed by atoms with van der Waals surface area (Å²) in [6, 6.07) is 9.30. The minimum atomic E-state index is -1.73. The van der Waals surface area contributed by atoms with E-state index in [1.165, 1.54) is 42.7 Å². The highest BCUT2D eigenvalue weighted by Crippen LogP contribution is 2.32. The van der Waals surface area contributed by atoms with Crippen molar-refractivity contribution >= 4 is 57.0 Å². The Balaban J connectivity index is 1.82. The summed E-state index contributed by atoms with van der Waals surface area (Å²) in [5, 5.41) is 0.0358. The van der Waals surface area contributed by atoms with Crippen LogP contribution in [0.15, 0.2) is 65.4 Å². The number of hydrogen-bond donors (Lipinski definition) is 3. The number of benzene rings is 2. The third-order valence-electron chi connectivity index (χ3n) is 4.63. The van der Waals surface area contributed by atoms with Crippen molar-refractivity contribution in [3.05, 3.63) is 76.0 Å². The van der Waals surface area contributed by atoms with Gasteiger partial charge in [0.2, 0.25) is 0 Å². The molecule has 0 radical (unpaired) electrons. The molecule has 2 aromatic carbocycles. The van der Waals surface area contributed by atoms with Crippen LogP contribution < -0.4 is 26.2 Å². The lowest BCUT2D eigenvalue weighted by molar-refractivity contribution is -0.158. The predicted octanol–water partition coefficient (Wildman–Crippen LogP) is 3.74. The fourth-order valence-electron chi connectivity index (χ4n) is 2.92. The molecular formula is C25H24BrClN6O6. The van der Waals surface area contributed by atoms with Gasteiger partial charge in [-0.1, -0.05) is 29.8 Å². The number of anilines is 1. The van der Waals surface area contributed by atoms with Gasteiger partial charge in [0.05, 0.1) is 15.2 Å². The van der Waals surface area contributed by atoms with Crippen LogP contribution in [0, 0.1) is 0 Å². The molecule has 14 heteroatoms. The van der Waals surface area contributed by atoms with E-state index in [0.717, 1.165) is 4.90 Å². The first-order valence-electron chi connectivity index (χ1n) is 11.3. The Morgan fingerprint density at radius 3 is 2.26 bits per heavy atom. The van der Waals surface area contributed by atoms with Crippen molar-refractivity contribution in [2.24, 2.45) is 5.73 Å². The van der Waals surface area contributed by atoms with Gasteiger partial charge in [0, 0.05) is 18.0 Å². The number of aromatic nitrogens is 2. The molecule has 12 nitrogen and oxygen atoms in total. The van der Waals surface area contributed by atoms with Crippen LogP contribution in [-0.2, 0) is 14.3 Å². The summed E-state index contributed by atoms with van der Waals surface area (Å²) < 4.78 is 11.3. The first-order chi connectivity index (χ1) is 18.4. The number of halogens is 2. The Labute approximate surface area is 236 Å². The number of carbonyl (C=O) groups is 4. The van der Waals surface area contributed by atoms with Gasteiger partial charge in [-0.25, -0.2) is 29.9 Å². The molecule has 0 spiro atoms. The number of nitrogens with one attached hydrogen (secondary N) is 2. The standard InChI is InChI=1S/C25H24BrClN6O6/c1-25(2,3)39-22(36)19(28)20(34)31-32-24(37)33(21(35)14-7-5-4-6-8-14)16-9-10-18(17(27)11-16)38-23-29-12-15(26)13-30-23/h4-13,19H,28H2,1-3H3,(H,31,34)(H,32,37). The van der Waals surface area contributed by atoms with Gasteiger partial charge in [0.15, 0.2) is 6.04 Å². The van der Waals surface area contributed by atoms with E-state index in [-0.39, 0.29) is 28.0 Å². The summed E-state index contributed by atoms with van der Waals surface area (Å²) >= 11 is 9.60. The third kappa shape index (κ3) is 8.21. The topological polar surface area (TPSA) is 166 Å². The van der Waals surface area contributed by atoms with E-state index in [9.17, 15) is 19.2 Å². The van der Waals surface area contributed by atoms with Crippen LogP contribution in [-0.4, -0.2) is 45.4 Å². The van der Waals surface area contributed by atoms with Gasteiger partial charge in [-0.15, -0.1) is 0 Å². The number of esters is 1. The van der Waals surface area contributed by atoms with E-state index in [1.807, 2.05) is 5.43 Å². The Bertz CT molecular complexity index is 1370. The smallest absolute Gasteiger partial charge is 0.347 e. The quantitative estimate of drug-likeness (QED) is 0.212. The van der Waals surface area contributed by atoms with Gasteiger partial charge >= 0.3 is 18.0 Å². The van der Waals surface area contributed by atoms with Crippen LogP contribution in [0.4, 0.5) is 10.5 Å². The maximum atomic E-state index is 13.3. The van der Waals surface area contributed by atoms with E-state index in [2.05, 4.69) is 31.3 Å². The molecule has 3 aromatic rings. The first-order valence-corrected chi connectivity index (χ1v) is 12.5. The van der Waals surface area contributed by atoms with Crippen LogP contribution in [0.25, 0.3) is 0 Å². The van der Waals surface area contributed by atoms with Gasteiger partial charge in [-0.3, -0.25) is 15.0 Å². The van der Waals surface area contributed by atoms with Crippen LogP contribution >= 0.6 is 27.5 Å². The number of urea groups is 1. The molecule has 4 amide bonds. The van der Waals surface area contributed by atoms with Crippen molar-refractivity contribution in [1.29, 1.82) is 0 Å². The summed E-state index contributed by atoms with van der Waals surface area (Å²) in [6.45, 7) is 4.83. The van der Waals surface area contributed by atoms with Crippen molar-refractivity contribution in [1.82, 2.24) is 20.8 Å². The second-order valence-electron chi connectivity index (χ2n) is 8.84. The molecule has 0 aliphatic rings. The molecule has 0 saturated carbocycles. The lowest BCUT2D eigenvalue weighted by Crippen LogP contribution is -2.56. The fourth-order valence-corrected chi connectivity index (χ4v) is 3.34. The number of imide groups is 1. The molecule has 0 aliphatic carbocycles. The monoisotopic (exact) mass is 618 g/mol. The Morgan fingerprint density at radius 2 is 1.67 bits per heavy atom. The lowest BCUT2D eigenvalue weighted by Gasteiger charge is -2.24. The number of hydrogen-bond acceptors (Lipinski definition) is 9. The van der Waals surface area contributed by atoms with Gasteiger partial charge in [0.25, 0.3) is 11.8 Å². The van der Waals surface area contributed by atoms with Crippen molar-refractivity contribution in [2.45, 2.75) is 32.4 Å². The van der Waals surface area contributed by atoms with E-state index in [4.69, 9.17) is 26.8 Å². The minimum absolute atomic E-state index is 0.0202. The average molecular weight is 620 g/mol. The van der Waals surface area contributed by atoms with Crippen molar-refractivity contribution in [2.75, 3.05) is 4.90 Å². The Hall–Kier alpha value is -4.07. The minimum Gasteiger partial charge on any atom is -0.458 e. The van der Waals surface area contributed by atoms with Gasteiger partial charge in [-0.2, -0.15) is 0 Å². The number of ether oxygens (including phenoxy) is 2. The zero-order valence-corrected chi connectivity index (χ0v) is 23.3. The molecule has 0 fully saturated rings. The molecule has 1 aromatic heterocycles. The zero-order valence-electron chi connectivity index (χ0n) is 21.0. The molecule has 1 unspecified atom stereocenters. The third-order valence-corrected chi connectivity index (χ3v) is 5.34. The Kier molecular flexibility index (Phi) is 9.56. The van der Waals surface area contributed by atoms with Crippen molar-refractivity contribution in [3.63, 3.8) is 0 Å². The van der Waals surface area contributed by atoms with Crippen molar-refractivity contribution < 1.29 is 28.7 Å². The van der Waals surface area contributed by atoms with E-state index >= 15 is 0 Å². The van der Waals surface area contributed by atoms with Crippen LogP contribution in [0.1, 0.15) is 31.1 Å². The number of nitrogens with two attached hydrogens (primary N) is 1. The number of nitrogens with zero attached hydrogens (tertiary/aromatic N) is 3. The van der Waals surface area contributed by atoms with E-state index in [1.54, 1.807) is 39.0 Å². The summed E-state index contributed by atoms with van der Waals surface area (Å²) in [4.78, 5) is 59.6. The lowest BCUT2D eigenvalue weighted by atomic mass is 10.2. The molecule has 0 bridgehead atoms. The SMILES string of the molecule is CC(C)(C)OC(=O)C(N)C(=O)NNC(=O)N(C(=O)c1ccccc1)c1ccc(Oc2ncc(Br)cn2)c(Cl)c1. The molecular weight excluding hydrogens is 596 g/mol. The second-order valence-corrected chi connectivity index (χ2v) is 10.2. The van der Waals surface area contributed by atoms with E-state index < -0.39 is 35.5 Å². The Morgan fingerprint density at radius 1 is 1.03 bits per heavy atom. The zero-order chi connectivity index (χ0) is 28.7. The molecule has 1 atom stereocenters. The molecule has 1 heterocycles. The summed E-state index contributed by atoms with van der Waals surface area (Å²) in [6.07, 6.45) is 2.97. The molecule has 0 saturated heterocycles. The number of hydrazine groups is 1. The first kappa shape index (κ1) is 29.5. The summed E-state index contributed by atoms with van der Waals surface area (Å²) in [5.41, 5.74) is 9.09. The van der Waals surface area contributed by atoms with Gasteiger partial charge in [-0.05, 0) is 67.0 Å². The summed E-state index contributed by atoms with van der Waals surface area (Å²) in [5.74, 6) is -2.63. The molecule has 4 N–H and O–H groups in total. The maximum Gasteiger partial charge on any atom is 0.347 e. The molecule has 39 heavy (non-hydrogen) atoms. The number of rotatable bonds is 6. The molecule has 204 valence electrons. The van der Waals surface area contributed by atoms with Crippen LogP contribution in [0.5, 0.6) is 11.8 Å². The van der Waals surface area contributed by atoms with Gasteiger partial charge < -0.3 is 15.2 Å². The normalized spacial score (nSPS) is 11.6. The molecule has 3 rings (SSSR count). The van der Waals surface area contributed by atoms with Crippen LogP contribution in [0.3, 0.4) is 0 Å². The number of amides is 4. The van der Waals surface area contributed by atoms with Crippen molar-refractivity contribution in [3.8, 4) is 11.8 Å². The second kappa shape index (κ2) is 12.7. The predicted molar refractivity (Wildman–Crippen MR) is 145 cm³/mol. The highest BCUT2D eigenvalue weighted by atomic mass is 79.9. The average Bonchev–Trinajstić information content (AvgIpc) is 2.89. The van der Waals surface area contributed by atoms with Crippen LogP contribution in [0.2, 0.25) is 5.02 Å². The van der Waals surface area contributed by atoms with Gasteiger partial charge in [0.1, 0.15) is 11.4 Å². The largest absolute Gasteiger partial charge is 0.458 e.